The van der Waals surface area contributed by atoms with Gasteiger partial charge in [0.2, 0.25) is 23.6 Å². The molecule has 0 spiro atoms. The number of hydrogen-bond donors (Lipinski definition) is 1. The van der Waals surface area contributed by atoms with Crippen LogP contribution in [0.2, 0.25) is 10.0 Å². The second kappa shape index (κ2) is 12.0. The van der Waals surface area contributed by atoms with E-state index in [1.165, 1.54) is 9.80 Å². The number of imide groups is 1. The lowest BCUT2D eigenvalue weighted by Gasteiger charge is -2.32. The number of rotatable bonds is 10. The molecule has 1 N–H and O–H groups in total. The molecule has 0 unspecified atom stereocenters. The normalized spacial score (nSPS) is 21.0. The van der Waals surface area contributed by atoms with Crippen molar-refractivity contribution >= 4 is 46.8 Å². The molecule has 1 aliphatic carbocycles. The van der Waals surface area contributed by atoms with E-state index in [0.717, 1.165) is 6.42 Å². The molecule has 0 radical (unpaired) electrons. The van der Waals surface area contributed by atoms with Gasteiger partial charge in [-0.05, 0) is 50.3 Å². The van der Waals surface area contributed by atoms with Crippen LogP contribution in [0.3, 0.4) is 0 Å². The van der Waals surface area contributed by atoms with E-state index >= 15 is 0 Å². The van der Waals surface area contributed by atoms with Gasteiger partial charge in [0.1, 0.15) is 6.04 Å². The van der Waals surface area contributed by atoms with Gasteiger partial charge in [0.25, 0.3) is 0 Å². The molecule has 2 aliphatic rings. The SMILES string of the molecule is CC[C@@H](C)NC(=O)[C@@H](CC)N(Cc1ccc(Cl)cc1Cl)C(=O)CCN1C(=O)[C@H]2CC=CC[C@H]2C1=O. The van der Waals surface area contributed by atoms with Crippen LogP contribution >= 0.6 is 23.2 Å². The lowest BCUT2D eigenvalue weighted by Crippen LogP contribution is -2.51. The third-order valence-electron chi connectivity index (χ3n) is 6.89. The summed E-state index contributed by atoms with van der Waals surface area (Å²) in [5.74, 6) is -1.67. The van der Waals surface area contributed by atoms with Crippen molar-refractivity contribution in [1.29, 1.82) is 0 Å². The van der Waals surface area contributed by atoms with Crippen molar-refractivity contribution in [2.75, 3.05) is 6.54 Å². The van der Waals surface area contributed by atoms with Crippen LogP contribution in [0.4, 0.5) is 0 Å². The lowest BCUT2D eigenvalue weighted by molar-refractivity contribution is -0.144. The van der Waals surface area contributed by atoms with Crippen molar-refractivity contribution in [3.05, 3.63) is 46.0 Å². The maximum Gasteiger partial charge on any atom is 0.243 e. The fourth-order valence-corrected chi connectivity index (χ4v) is 5.10. The van der Waals surface area contributed by atoms with Gasteiger partial charge < -0.3 is 10.2 Å². The number of fused-ring (bicyclic) bond motifs is 1. The Labute approximate surface area is 216 Å². The van der Waals surface area contributed by atoms with Crippen molar-refractivity contribution in [3.63, 3.8) is 0 Å². The fraction of sp³-hybridized carbons (Fsp3) is 0.538. The van der Waals surface area contributed by atoms with Gasteiger partial charge in [-0.2, -0.15) is 0 Å². The van der Waals surface area contributed by atoms with E-state index in [9.17, 15) is 19.2 Å². The summed E-state index contributed by atoms with van der Waals surface area (Å²) in [6.45, 7) is 5.83. The number of nitrogens with zero attached hydrogens (tertiary/aromatic N) is 2. The number of halogens is 2. The first kappa shape index (κ1) is 27.2. The van der Waals surface area contributed by atoms with Gasteiger partial charge in [0.15, 0.2) is 0 Å². The van der Waals surface area contributed by atoms with E-state index in [-0.39, 0.29) is 61.0 Å². The molecule has 35 heavy (non-hydrogen) atoms. The van der Waals surface area contributed by atoms with Crippen molar-refractivity contribution in [1.82, 2.24) is 15.1 Å². The Morgan fingerprint density at radius 1 is 1.09 bits per heavy atom. The standard InChI is InChI=1S/C26H33Cl2N3O4/c1-4-16(3)29-24(33)22(5-2)31(15-17-10-11-18(27)14-21(17)28)23(32)12-13-30-25(34)19-8-6-7-9-20(19)26(30)35/h6-7,10-11,14,16,19-20,22H,4-5,8-9,12-13,15H2,1-3H3,(H,29,33)/t16-,19-,20+,22-/m1/s1. The van der Waals surface area contributed by atoms with Gasteiger partial charge >= 0.3 is 0 Å². The zero-order chi connectivity index (χ0) is 25.7. The second-order valence-corrected chi connectivity index (χ2v) is 10.1. The third-order valence-corrected chi connectivity index (χ3v) is 7.48. The molecule has 9 heteroatoms. The summed E-state index contributed by atoms with van der Waals surface area (Å²) >= 11 is 12.4. The Morgan fingerprint density at radius 2 is 1.71 bits per heavy atom. The molecule has 1 aromatic rings. The zero-order valence-electron chi connectivity index (χ0n) is 20.4. The minimum Gasteiger partial charge on any atom is -0.352 e. The maximum absolute atomic E-state index is 13.5. The summed E-state index contributed by atoms with van der Waals surface area (Å²) in [6.07, 6.45) is 6.05. The van der Waals surface area contributed by atoms with Crippen LogP contribution < -0.4 is 5.32 Å². The largest absolute Gasteiger partial charge is 0.352 e. The zero-order valence-corrected chi connectivity index (χ0v) is 21.9. The van der Waals surface area contributed by atoms with E-state index in [1.54, 1.807) is 18.2 Å². The second-order valence-electron chi connectivity index (χ2n) is 9.23. The van der Waals surface area contributed by atoms with Crippen LogP contribution in [0.15, 0.2) is 30.4 Å². The van der Waals surface area contributed by atoms with Crippen molar-refractivity contribution in [3.8, 4) is 0 Å². The minimum atomic E-state index is -0.722. The highest BCUT2D eigenvalue weighted by atomic mass is 35.5. The molecule has 4 amide bonds. The number of likely N-dealkylation sites (tertiary alicyclic amines) is 1. The van der Waals surface area contributed by atoms with Crippen molar-refractivity contribution in [2.24, 2.45) is 11.8 Å². The summed E-state index contributed by atoms with van der Waals surface area (Å²) in [5.41, 5.74) is 0.657. The van der Waals surface area contributed by atoms with Gasteiger partial charge in [-0.1, -0.05) is 55.3 Å². The molecular weight excluding hydrogens is 489 g/mol. The number of benzene rings is 1. The molecule has 1 fully saturated rings. The first-order valence-electron chi connectivity index (χ1n) is 12.2. The van der Waals surface area contributed by atoms with Gasteiger partial charge in [0.05, 0.1) is 11.8 Å². The van der Waals surface area contributed by atoms with Crippen LogP contribution in [0, 0.1) is 11.8 Å². The molecule has 1 aliphatic heterocycles. The molecule has 1 aromatic carbocycles. The highest BCUT2D eigenvalue weighted by molar-refractivity contribution is 6.35. The number of hydrogen-bond acceptors (Lipinski definition) is 4. The van der Waals surface area contributed by atoms with E-state index in [0.29, 0.717) is 34.9 Å². The number of allylic oxidation sites excluding steroid dienone is 2. The Hall–Kier alpha value is -2.38. The van der Waals surface area contributed by atoms with Crippen LogP contribution in [0.1, 0.15) is 58.4 Å². The van der Waals surface area contributed by atoms with Crippen LogP contribution in [0.5, 0.6) is 0 Å². The Kier molecular flexibility index (Phi) is 9.36. The van der Waals surface area contributed by atoms with Crippen molar-refractivity contribution in [2.45, 2.75) is 71.5 Å². The van der Waals surface area contributed by atoms with Crippen LogP contribution in [-0.2, 0) is 25.7 Å². The molecule has 7 nitrogen and oxygen atoms in total. The summed E-state index contributed by atoms with van der Waals surface area (Å²) in [6, 6.07) is 4.25. The average Bonchev–Trinajstić information content (AvgIpc) is 3.08. The molecule has 1 saturated heterocycles. The lowest BCUT2D eigenvalue weighted by atomic mass is 9.85. The third kappa shape index (κ3) is 6.25. The summed E-state index contributed by atoms with van der Waals surface area (Å²) < 4.78 is 0. The first-order valence-corrected chi connectivity index (χ1v) is 13.0. The highest BCUT2D eigenvalue weighted by Crippen LogP contribution is 2.35. The molecule has 4 atom stereocenters. The predicted octanol–water partition coefficient (Wildman–Crippen LogP) is 4.36. The van der Waals surface area contributed by atoms with E-state index in [1.807, 2.05) is 32.9 Å². The topological polar surface area (TPSA) is 86.8 Å². The molecule has 0 aromatic heterocycles. The molecule has 3 rings (SSSR count). The molecule has 0 saturated carbocycles. The number of carbonyl (C=O) groups excluding carboxylic acids is 4. The Bertz CT molecular complexity index is 986. The number of carbonyl (C=O) groups is 4. The maximum atomic E-state index is 13.5. The molecule has 0 bridgehead atoms. The first-order chi connectivity index (χ1) is 16.7. The minimum absolute atomic E-state index is 0.00222. The predicted molar refractivity (Wildman–Crippen MR) is 136 cm³/mol. The molecular formula is C26H33Cl2N3O4. The van der Waals surface area contributed by atoms with Crippen LogP contribution in [0.25, 0.3) is 0 Å². The van der Waals surface area contributed by atoms with E-state index in [2.05, 4.69) is 5.32 Å². The number of amides is 4. The quantitative estimate of drug-likeness (QED) is 0.366. The average molecular weight is 522 g/mol. The molecule has 1 heterocycles. The highest BCUT2D eigenvalue weighted by Gasteiger charge is 2.47. The Morgan fingerprint density at radius 3 is 2.26 bits per heavy atom. The van der Waals surface area contributed by atoms with Crippen molar-refractivity contribution < 1.29 is 19.2 Å². The number of nitrogens with one attached hydrogen (secondary N) is 1. The molecule has 190 valence electrons. The van der Waals surface area contributed by atoms with Gasteiger partial charge in [-0.15, -0.1) is 0 Å². The van der Waals surface area contributed by atoms with E-state index in [4.69, 9.17) is 23.2 Å². The van der Waals surface area contributed by atoms with E-state index < -0.39 is 6.04 Å². The summed E-state index contributed by atoms with van der Waals surface area (Å²) in [5, 5.41) is 3.83. The van der Waals surface area contributed by atoms with Gasteiger partial charge in [-0.25, -0.2) is 0 Å². The Balaban J connectivity index is 1.79. The summed E-state index contributed by atoms with van der Waals surface area (Å²) in [7, 11) is 0. The van der Waals surface area contributed by atoms with Gasteiger partial charge in [0, 0.05) is 35.6 Å². The monoisotopic (exact) mass is 521 g/mol. The van der Waals surface area contributed by atoms with Gasteiger partial charge in [-0.3, -0.25) is 24.1 Å². The summed E-state index contributed by atoms with van der Waals surface area (Å²) in [4.78, 5) is 54.9. The van der Waals surface area contributed by atoms with Crippen LogP contribution in [-0.4, -0.2) is 52.1 Å². The fourth-order valence-electron chi connectivity index (χ4n) is 4.63. The smallest absolute Gasteiger partial charge is 0.243 e.